The van der Waals surface area contributed by atoms with Gasteiger partial charge in [-0.25, -0.2) is 4.79 Å². The highest BCUT2D eigenvalue weighted by molar-refractivity contribution is 6.30. The molecule has 0 bridgehead atoms. The number of hydrogen-bond acceptors (Lipinski definition) is 2. The summed E-state index contributed by atoms with van der Waals surface area (Å²) >= 11 is 5.77. The number of nitrogens with zero attached hydrogens (tertiary/aromatic N) is 3. The summed E-state index contributed by atoms with van der Waals surface area (Å²) in [6.45, 7) is 0.398. The molecule has 2 aromatic rings. The predicted molar refractivity (Wildman–Crippen MR) is 58.7 cm³/mol. The zero-order valence-electron chi connectivity index (χ0n) is 8.59. The van der Waals surface area contributed by atoms with Crippen LogP contribution in [-0.2, 0) is 13.6 Å². The van der Waals surface area contributed by atoms with Gasteiger partial charge in [-0.05, 0) is 12.1 Å². The van der Waals surface area contributed by atoms with Crippen LogP contribution in [0.2, 0.25) is 5.02 Å². The largest absolute Gasteiger partial charge is 0.477 e. The van der Waals surface area contributed by atoms with E-state index in [2.05, 4.69) is 5.10 Å². The monoisotopic (exact) mass is 239 g/mol. The van der Waals surface area contributed by atoms with Gasteiger partial charge in [-0.3, -0.25) is 4.68 Å². The first-order chi connectivity index (χ1) is 7.56. The Labute approximate surface area is 96.9 Å². The lowest BCUT2D eigenvalue weighted by molar-refractivity contribution is 0.0685. The maximum absolute atomic E-state index is 10.9. The normalized spacial score (nSPS) is 10.6. The molecule has 0 unspecified atom stereocenters. The molecule has 6 heteroatoms. The van der Waals surface area contributed by atoms with E-state index < -0.39 is 5.97 Å². The molecule has 0 aliphatic rings. The quantitative estimate of drug-likeness (QED) is 0.886. The summed E-state index contributed by atoms with van der Waals surface area (Å²) in [6, 6.07) is 3.26. The third-order valence-corrected chi connectivity index (χ3v) is 2.39. The lowest BCUT2D eigenvalue weighted by Crippen LogP contribution is -2.09. The van der Waals surface area contributed by atoms with E-state index in [0.717, 1.165) is 5.69 Å². The molecule has 0 saturated heterocycles. The number of halogens is 1. The SMILES string of the molecule is Cn1ccc(Cn2cc(Cl)cc2C(=O)O)n1. The molecule has 5 nitrogen and oxygen atoms in total. The Morgan fingerprint density at radius 3 is 2.94 bits per heavy atom. The maximum Gasteiger partial charge on any atom is 0.352 e. The van der Waals surface area contributed by atoms with Crippen molar-refractivity contribution in [1.82, 2.24) is 14.3 Å². The number of carbonyl (C=O) groups is 1. The Morgan fingerprint density at radius 2 is 2.38 bits per heavy atom. The van der Waals surface area contributed by atoms with Crippen LogP contribution < -0.4 is 0 Å². The molecule has 0 spiro atoms. The number of aryl methyl sites for hydroxylation is 1. The van der Waals surface area contributed by atoms with Crippen LogP contribution in [0, 0.1) is 0 Å². The van der Waals surface area contributed by atoms with Crippen LogP contribution in [0.5, 0.6) is 0 Å². The molecular formula is C10H10ClN3O2. The Balaban J connectivity index is 2.30. The van der Waals surface area contributed by atoms with Crippen molar-refractivity contribution in [1.29, 1.82) is 0 Å². The van der Waals surface area contributed by atoms with Crippen molar-refractivity contribution in [2.24, 2.45) is 7.05 Å². The highest BCUT2D eigenvalue weighted by atomic mass is 35.5. The summed E-state index contributed by atoms with van der Waals surface area (Å²) in [5.74, 6) is -0.997. The number of rotatable bonds is 3. The van der Waals surface area contributed by atoms with E-state index in [4.69, 9.17) is 16.7 Å². The van der Waals surface area contributed by atoms with Gasteiger partial charge in [-0.1, -0.05) is 11.6 Å². The Bertz CT molecular complexity index is 530. The maximum atomic E-state index is 10.9. The van der Waals surface area contributed by atoms with E-state index in [-0.39, 0.29) is 5.69 Å². The third kappa shape index (κ3) is 2.09. The van der Waals surface area contributed by atoms with Crippen LogP contribution in [0.1, 0.15) is 16.2 Å². The highest BCUT2D eigenvalue weighted by Gasteiger charge is 2.12. The highest BCUT2D eigenvalue weighted by Crippen LogP contribution is 2.15. The zero-order valence-corrected chi connectivity index (χ0v) is 9.35. The predicted octanol–water partition coefficient (Wildman–Crippen LogP) is 1.62. The standard InChI is InChI=1S/C10H10ClN3O2/c1-13-3-2-8(12-13)6-14-5-7(11)4-9(14)10(15)16/h2-5H,6H2,1H3,(H,15,16). The van der Waals surface area contributed by atoms with Crippen LogP contribution in [0.3, 0.4) is 0 Å². The van der Waals surface area contributed by atoms with Crippen molar-refractivity contribution in [3.63, 3.8) is 0 Å². The minimum Gasteiger partial charge on any atom is -0.477 e. The average molecular weight is 240 g/mol. The van der Waals surface area contributed by atoms with Gasteiger partial charge in [0, 0.05) is 19.4 Å². The second-order valence-electron chi connectivity index (χ2n) is 3.46. The summed E-state index contributed by atoms with van der Waals surface area (Å²) in [4.78, 5) is 10.9. The number of aromatic carboxylic acids is 1. The van der Waals surface area contributed by atoms with Gasteiger partial charge >= 0.3 is 5.97 Å². The van der Waals surface area contributed by atoms with E-state index >= 15 is 0 Å². The first-order valence-electron chi connectivity index (χ1n) is 4.64. The van der Waals surface area contributed by atoms with E-state index in [0.29, 0.717) is 11.6 Å². The molecule has 1 N–H and O–H groups in total. The van der Waals surface area contributed by atoms with Crippen molar-refractivity contribution in [2.75, 3.05) is 0 Å². The van der Waals surface area contributed by atoms with Gasteiger partial charge in [0.15, 0.2) is 0 Å². The Hall–Kier alpha value is -1.75. The van der Waals surface area contributed by atoms with E-state index in [9.17, 15) is 4.79 Å². The van der Waals surface area contributed by atoms with E-state index in [1.54, 1.807) is 21.6 Å². The zero-order chi connectivity index (χ0) is 11.7. The van der Waals surface area contributed by atoms with Gasteiger partial charge in [0.05, 0.1) is 17.3 Å². The minimum absolute atomic E-state index is 0.163. The first kappa shape index (κ1) is 10.8. The van der Waals surface area contributed by atoms with Crippen LogP contribution in [0.15, 0.2) is 24.5 Å². The van der Waals surface area contributed by atoms with Crippen LogP contribution in [0.4, 0.5) is 0 Å². The van der Waals surface area contributed by atoms with Crippen molar-refractivity contribution >= 4 is 17.6 Å². The van der Waals surface area contributed by atoms with Crippen molar-refractivity contribution < 1.29 is 9.90 Å². The molecule has 0 aliphatic carbocycles. The fraction of sp³-hybridized carbons (Fsp3) is 0.200. The molecule has 0 radical (unpaired) electrons. The van der Waals surface area contributed by atoms with Gasteiger partial charge < -0.3 is 9.67 Å². The molecule has 2 heterocycles. The minimum atomic E-state index is -0.997. The Morgan fingerprint density at radius 1 is 1.62 bits per heavy atom. The molecular weight excluding hydrogens is 230 g/mol. The lowest BCUT2D eigenvalue weighted by atomic mass is 10.4. The van der Waals surface area contributed by atoms with Crippen molar-refractivity contribution in [3.05, 3.63) is 40.9 Å². The van der Waals surface area contributed by atoms with Crippen molar-refractivity contribution in [3.8, 4) is 0 Å². The molecule has 0 fully saturated rings. The fourth-order valence-corrected chi connectivity index (χ4v) is 1.73. The molecule has 84 valence electrons. The fourth-order valence-electron chi connectivity index (χ4n) is 1.51. The topological polar surface area (TPSA) is 60.0 Å². The molecule has 0 saturated carbocycles. The molecule has 0 aliphatic heterocycles. The third-order valence-electron chi connectivity index (χ3n) is 2.18. The molecule has 16 heavy (non-hydrogen) atoms. The average Bonchev–Trinajstić information content (AvgIpc) is 2.74. The molecule has 0 atom stereocenters. The van der Waals surface area contributed by atoms with Crippen LogP contribution in [0.25, 0.3) is 0 Å². The summed E-state index contributed by atoms with van der Waals surface area (Å²) in [7, 11) is 1.81. The van der Waals surface area contributed by atoms with E-state index in [1.165, 1.54) is 6.07 Å². The smallest absolute Gasteiger partial charge is 0.352 e. The van der Waals surface area contributed by atoms with Crippen LogP contribution >= 0.6 is 11.6 Å². The van der Waals surface area contributed by atoms with E-state index in [1.807, 2.05) is 13.1 Å². The van der Waals surface area contributed by atoms with Gasteiger partial charge in [0.1, 0.15) is 5.69 Å². The number of hydrogen-bond donors (Lipinski definition) is 1. The lowest BCUT2D eigenvalue weighted by Gasteiger charge is -2.02. The summed E-state index contributed by atoms with van der Waals surface area (Å²) in [5, 5.41) is 13.5. The summed E-state index contributed by atoms with van der Waals surface area (Å²) in [6.07, 6.45) is 3.39. The number of carboxylic acids is 1. The van der Waals surface area contributed by atoms with Crippen LogP contribution in [-0.4, -0.2) is 25.4 Å². The Kier molecular flexibility index (Phi) is 2.70. The molecule has 2 rings (SSSR count). The second kappa shape index (κ2) is 4.02. The molecule has 0 amide bonds. The number of carboxylic acid groups (broad SMARTS) is 1. The van der Waals surface area contributed by atoms with Gasteiger partial charge in [0.2, 0.25) is 0 Å². The molecule has 2 aromatic heterocycles. The van der Waals surface area contributed by atoms with Gasteiger partial charge in [-0.2, -0.15) is 5.10 Å². The molecule has 0 aromatic carbocycles. The number of aromatic nitrogens is 3. The van der Waals surface area contributed by atoms with Gasteiger partial charge in [0.25, 0.3) is 0 Å². The summed E-state index contributed by atoms with van der Waals surface area (Å²) in [5.41, 5.74) is 0.952. The van der Waals surface area contributed by atoms with Crippen molar-refractivity contribution in [2.45, 2.75) is 6.54 Å². The van der Waals surface area contributed by atoms with Gasteiger partial charge in [-0.15, -0.1) is 0 Å². The second-order valence-corrected chi connectivity index (χ2v) is 3.89. The first-order valence-corrected chi connectivity index (χ1v) is 5.01. The summed E-state index contributed by atoms with van der Waals surface area (Å²) < 4.78 is 3.23.